The molecule has 0 bridgehead atoms. The molecule has 4 heteroatoms. The Labute approximate surface area is 110 Å². The molecule has 0 atom stereocenters. The standard InChI is InChI=1S/C14H25N3O/c1-3-7-15-12-5-8-17(9-6-12)11-14-16-10-13(4-2)18-14/h10,12,15H,3-9,11H2,1-2H3. The zero-order valence-electron chi connectivity index (χ0n) is 11.6. The molecule has 4 nitrogen and oxygen atoms in total. The van der Waals surface area contributed by atoms with Gasteiger partial charge in [-0.15, -0.1) is 0 Å². The number of likely N-dealkylation sites (tertiary alicyclic amines) is 1. The number of oxazole rings is 1. The average molecular weight is 251 g/mol. The van der Waals surface area contributed by atoms with Crippen molar-refractivity contribution in [3.8, 4) is 0 Å². The maximum atomic E-state index is 5.66. The van der Waals surface area contributed by atoms with Crippen LogP contribution in [0.4, 0.5) is 0 Å². The van der Waals surface area contributed by atoms with Gasteiger partial charge in [0.05, 0.1) is 12.7 Å². The van der Waals surface area contributed by atoms with Crippen LogP contribution in [0.15, 0.2) is 10.6 Å². The topological polar surface area (TPSA) is 41.3 Å². The molecular formula is C14H25N3O. The van der Waals surface area contributed by atoms with E-state index in [1.165, 1.54) is 19.3 Å². The van der Waals surface area contributed by atoms with E-state index >= 15 is 0 Å². The molecule has 1 aromatic rings. The maximum Gasteiger partial charge on any atom is 0.208 e. The molecule has 0 radical (unpaired) electrons. The van der Waals surface area contributed by atoms with Crippen molar-refractivity contribution in [1.82, 2.24) is 15.2 Å². The molecule has 0 unspecified atom stereocenters. The quantitative estimate of drug-likeness (QED) is 0.841. The minimum atomic E-state index is 0.706. The van der Waals surface area contributed by atoms with Crippen LogP contribution in [-0.2, 0) is 13.0 Å². The summed E-state index contributed by atoms with van der Waals surface area (Å²) in [6.45, 7) is 8.60. The fourth-order valence-electron chi connectivity index (χ4n) is 2.42. The predicted molar refractivity (Wildman–Crippen MR) is 72.5 cm³/mol. The van der Waals surface area contributed by atoms with Crippen molar-refractivity contribution in [1.29, 1.82) is 0 Å². The highest BCUT2D eigenvalue weighted by atomic mass is 16.4. The third kappa shape index (κ3) is 3.82. The highest BCUT2D eigenvalue weighted by molar-refractivity contribution is 4.94. The van der Waals surface area contributed by atoms with Crippen LogP contribution < -0.4 is 5.32 Å². The van der Waals surface area contributed by atoms with Crippen molar-refractivity contribution in [3.05, 3.63) is 17.8 Å². The van der Waals surface area contributed by atoms with Gasteiger partial charge in [0.2, 0.25) is 5.89 Å². The monoisotopic (exact) mass is 251 g/mol. The van der Waals surface area contributed by atoms with Crippen molar-refractivity contribution in [2.75, 3.05) is 19.6 Å². The first kappa shape index (κ1) is 13.6. The molecule has 1 aliphatic rings. The molecule has 0 aromatic carbocycles. The van der Waals surface area contributed by atoms with Gasteiger partial charge in [-0.3, -0.25) is 4.90 Å². The van der Waals surface area contributed by atoms with Crippen molar-refractivity contribution in [3.63, 3.8) is 0 Å². The molecule has 18 heavy (non-hydrogen) atoms. The minimum absolute atomic E-state index is 0.706. The summed E-state index contributed by atoms with van der Waals surface area (Å²) in [6.07, 6.45) is 6.47. The summed E-state index contributed by atoms with van der Waals surface area (Å²) in [5.74, 6) is 1.86. The van der Waals surface area contributed by atoms with Gasteiger partial charge in [0.25, 0.3) is 0 Å². The molecule has 1 N–H and O–H groups in total. The van der Waals surface area contributed by atoms with Gasteiger partial charge in [0.15, 0.2) is 0 Å². The maximum absolute atomic E-state index is 5.66. The van der Waals surface area contributed by atoms with E-state index in [0.717, 1.165) is 44.3 Å². The van der Waals surface area contributed by atoms with E-state index in [2.05, 4.69) is 29.0 Å². The van der Waals surface area contributed by atoms with Crippen LogP contribution in [0, 0.1) is 0 Å². The van der Waals surface area contributed by atoms with Crippen LogP contribution in [0.2, 0.25) is 0 Å². The van der Waals surface area contributed by atoms with Gasteiger partial charge in [-0.25, -0.2) is 4.98 Å². The molecule has 0 amide bonds. The van der Waals surface area contributed by atoms with Gasteiger partial charge < -0.3 is 9.73 Å². The van der Waals surface area contributed by atoms with Crippen LogP contribution in [0.25, 0.3) is 0 Å². The molecule has 1 aromatic heterocycles. The first-order chi connectivity index (χ1) is 8.81. The Morgan fingerprint density at radius 1 is 1.39 bits per heavy atom. The van der Waals surface area contributed by atoms with E-state index in [4.69, 9.17) is 4.42 Å². The van der Waals surface area contributed by atoms with Crippen LogP contribution in [0.1, 0.15) is 44.8 Å². The number of hydrogen-bond acceptors (Lipinski definition) is 4. The number of aromatic nitrogens is 1. The van der Waals surface area contributed by atoms with Crippen molar-refractivity contribution in [2.24, 2.45) is 0 Å². The highest BCUT2D eigenvalue weighted by Gasteiger charge is 2.19. The van der Waals surface area contributed by atoms with E-state index < -0.39 is 0 Å². The Morgan fingerprint density at radius 2 is 2.17 bits per heavy atom. The lowest BCUT2D eigenvalue weighted by Crippen LogP contribution is -2.42. The molecule has 1 saturated heterocycles. The molecule has 2 rings (SSSR count). The van der Waals surface area contributed by atoms with Gasteiger partial charge in [0, 0.05) is 25.6 Å². The molecule has 1 fully saturated rings. The van der Waals surface area contributed by atoms with Gasteiger partial charge in [-0.05, 0) is 25.8 Å². The summed E-state index contributed by atoms with van der Waals surface area (Å²) in [4.78, 5) is 6.77. The van der Waals surface area contributed by atoms with Crippen molar-refractivity contribution in [2.45, 2.75) is 52.1 Å². The number of rotatable bonds is 6. The van der Waals surface area contributed by atoms with Crippen LogP contribution in [0.5, 0.6) is 0 Å². The lowest BCUT2D eigenvalue weighted by Gasteiger charge is -2.31. The number of aryl methyl sites for hydroxylation is 1. The molecular weight excluding hydrogens is 226 g/mol. The summed E-state index contributed by atoms with van der Waals surface area (Å²) in [5.41, 5.74) is 0. The Morgan fingerprint density at radius 3 is 2.78 bits per heavy atom. The van der Waals surface area contributed by atoms with E-state index in [1.54, 1.807) is 0 Å². The Kier molecular flexibility index (Phi) is 5.20. The summed E-state index contributed by atoms with van der Waals surface area (Å²) >= 11 is 0. The second-order valence-electron chi connectivity index (χ2n) is 5.08. The fourth-order valence-corrected chi connectivity index (χ4v) is 2.42. The predicted octanol–water partition coefficient (Wildman–Crippen LogP) is 2.20. The molecule has 0 saturated carbocycles. The van der Waals surface area contributed by atoms with Crippen molar-refractivity contribution >= 4 is 0 Å². The third-order valence-corrected chi connectivity index (χ3v) is 3.58. The lowest BCUT2D eigenvalue weighted by atomic mass is 10.1. The van der Waals surface area contributed by atoms with Gasteiger partial charge >= 0.3 is 0 Å². The number of nitrogens with one attached hydrogen (secondary N) is 1. The van der Waals surface area contributed by atoms with Crippen molar-refractivity contribution < 1.29 is 4.42 Å². The Hall–Kier alpha value is -0.870. The second-order valence-corrected chi connectivity index (χ2v) is 5.08. The first-order valence-electron chi connectivity index (χ1n) is 7.21. The second kappa shape index (κ2) is 6.90. The number of nitrogens with zero attached hydrogens (tertiary/aromatic N) is 2. The molecule has 2 heterocycles. The van der Waals surface area contributed by atoms with E-state index in [9.17, 15) is 0 Å². The zero-order valence-corrected chi connectivity index (χ0v) is 11.6. The van der Waals surface area contributed by atoms with Gasteiger partial charge in [-0.2, -0.15) is 0 Å². The Balaban J connectivity index is 1.73. The zero-order chi connectivity index (χ0) is 12.8. The minimum Gasteiger partial charge on any atom is -0.444 e. The van der Waals surface area contributed by atoms with Crippen LogP contribution >= 0.6 is 0 Å². The summed E-state index contributed by atoms with van der Waals surface area (Å²) in [6, 6.07) is 0.706. The number of hydrogen-bond donors (Lipinski definition) is 1. The molecule has 1 aliphatic heterocycles. The number of piperidine rings is 1. The largest absolute Gasteiger partial charge is 0.444 e. The van der Waals surface area contributed by atoms with E-state index in [1.807, 2.05) is 6.20 Å². The summed E-state index contributed by atoms with van der Waals surface area (Å²) in [5, 5.41) is 3.60. The highest BCUT2D eigenvalue weighted by Crippen LogP contribution is 2.14. The normalized spacial score (nSPS) is 18.3. The van der Waals surface area contributed by atoms with Crippen LogP contribution in [0.3, 0.4) is 0 Å². The van der Waals surface area contributed by atoms with Crippen LogP contribution in [-0.4, -0.2) is 35.6 Å². The molecule has 0 spiro atoms. The van der Waals surface area contributed by atoms with Gasteiger partial charge in [-0.1, -0.05) is 13.8 Å². The van der Waals surface area contributed by atoms with E-state index in [-0.39, 0.29) is 0 Å². The Bertz CT molecular complexity index is 343. The smallest absolute Gasteiger partial charge is 0.208 e. The summed E-state index contributed by atoms with van der Waals surface area (Å²) < 4.78 is 5.66. The first-order valence-corrected chi connectivity index (χ1v) is 7.21. The lowest BCUT2D eigenvalue weighted by molar-refractivity contribution is 0.175. The third-order valence-electron chi connectivity index (χ3n) is 3.58. The van der Waals surface area contributed by atoms with E-state index in [0.29, 0.717) is 6.04 Å². The van der Waals surface area contributed by atoms with Gasteiger partial charge in [0.1, 0.15) is 5.76 Å². The summed E-state index contributed by atoms with van der Waals surface area (Å²) in [7, 11) is 0. The molecule has 0 aliphatic carbocycles. The fraction of sp³-hybridized carbons (Fsp3) is 0.786. The molecule has 102 valence electrons. The average Bonchev–Trinajstić information content (AvgIpc) is 2.86. The SMILES string of the molecule is CCCNC1CCN(Cc2ncc(CC)o2)CC1.